The topological polar surface area (TPSA) is 137 Å². The highest BCUT2D eigenvalue weighted by Gasteiger charge is 2.47. The molecule has 1 aliphatic heterocycles. The van der Waals surface area contributed by atoms with Gasteiger partial charge in [-0.1, -0.05) is 44.2 Å². The van der Waals surface area contributed by atoms with Crippen LogP contribution in [0, 0.1) is 0 Å². The van der Waals surface area contributed by atoms with E-state index in [-0.39, 0.29) is 12.4 Å². The zero-order valence-electron chi connectivity index (χ0n) is 16.5. The van der Waals surface area contributed by atoms with Crippen LogP contribution in [0.4, 0.5) is 0 Å². The highest BCUT2D eigenvalue weighted by Crippen LogP contribution is 2.22. The summed E-state index contributed by atoms with van der Waals surface area (Å²) in [5.41, 5.74) is 1.12. The number of aliphatic hydroxyl groups is 5. The molecular weight excluding hydrogens is 380 g/mol. The number of carbonyl (C=O) groups excluding carboxylic acids is 1. The van der Waals surface area contributed by atoms with Gasteiger partial charge < -0.3 is 35.0 Å². The van der Waals surface area contributed by atoms with Crippen LogP contribution < -0.4 is 4.74 Å². The molecule has 1 fully saturated rings. The normalized spacial score (nSPS) is 27.0. The van der Waals surface area contributed by atoms with Gasteiger partial charge in [0, 0.05) is 6.61 Å². The first-order valence-corrected chi connectivity index (χ1v) is 10.2. The largest absolute Gasteiger partial charge is 0.425 e. The van der Waals surface area contributed by atoms with Crippen molar-refractivity contribution in [3.8, 4) is 5.75 Å². The van der Waals surface area contributed by atoms with Crippen molar-refractivity contribution in [1.82, 2.24) is 0 Å². The van der Waals surface area contributed by atoms with Gasteiger partial charge in [0.25, 0.3) is 0 Å². The number of esters is 1. The van der Waals surface area contributed by atoms with Gasteiger partial charge in [0.2, 0.25) is 0 Å². The number of rotatable bonds is 11. The predicted molar refractivity (Wildman–Crippen MR) is 104 cm³/mol. The summed E-state index contributed by atoms with van der Waals surface area (Å²) in [7, 11) is 0. The molecule has 1 aromatic carbocycles. The van der Waals surface area contributed by atoms with Crippen molar-refractivity contribution in [3.63, 3.8) is 0 Å². The van der Waals surface area contributed by atoms with Crippen molar-refractivity contribution in [3.05, 3.63) is 29.8 Å². The molecule has 1 heterocycles. The van der Waals surface area contributed by atoms with Crippen LogP contribution in [0.25, 0.3) is 0 Å². The lowest BCUT2D eigenvalue weighted by atomic mass is 9.99. The first kappa shape index (κ1) is 23.7. The standard InChI is InChI=1S/C21H32O8/c22-13-7-5-3-1-2-4-6-8-14-9-11-15(12-10-14)28-21(27)19-17(24)16(23)18(25)20(26)29-19/h9-12,16-20,22-26H,1-8,13H2/t16-,17-,18+,19-,20+/m0/s1. The average Bonchev–Trinajstić information content (AvgIpc) is 2.72. The van der Waals surface area contributed by atoms with Crippen LogP contribution in [0.2, 0.25) is 0 Å². The van der Waals surface area contributed by atoms with Crippen LogP contribution in [0.3, 0.4) is 0 Å². The Morgan fingerprint density at radius 2 is 1.41 bits per heavy atom. The van der Waals surface area contributed by atoms with E-state index in [1.54, 1.807) is 12.1 Å². The lowest BCUT2D eigenvalue weighted by molar-refractivity contribution is -0.279. The molecule has 5 atom stereocenters. The van der Waals surface area contributed by atoms with Crippen molar-refractivity contribution >= 4 is 5.97 Å². The maximum absolute atomic E-state index is 12.2. The van der Waals surface area contributed by atoms with E-state index in [1.807, 2.05) is 12.1 Å². The second-order valence-electron chi connectivity index (χ2n) is 7.43. The summed E-state index contributed by atoms with van der Waals surface area (Å²) in [6, 6.07) is 6.99. The molecule has 0 unspecified atom stereocenters. The van der Waals surface area contributed by atoms with Crippen LogP contribution in [0.15, 0.2) is 24.3 Å². The monoisotopic (exact) mass is 412 g/mol. The van der Waals surface area contributed by atoms with Crippen LogP contribution in [-0.4, -0.2) is 68.8 Å². The summed E-state index contributed by atoms with van der Waals surface area (Å²) in [5.74, 6) is -0.704. The van der Waals surface area contributed by atoms with Gasteiger partial charge >= 0.3 is 5.97 Å². The van der Waals surface area contributed by atoms with Gasteiger partial charge in [-0.3, -0.25) is 0 Å². The van der Waals surface area contributed by atoms with E-state index >= 15 is 0 Å². The molecule has 0 amide bonds. The van der Waals surface area contributed by atoms with Crippen molar-refractivity contribution < 1.29 is 39.8 Å². The molecule has 1 saturated heterocycles. The number of benzene rings is 1. The number of unbranched alkanes of at least 4 members (excludes halogenated alkanes) is 6. The molecule has 1 aliphatic rings. The average molecular weight is 412 g/mol. The van der Waals surface area contributed by atoms with Crippen molar-refractivity contribution in [2.75, 3.05) is 6.61 Å². The quantitative estimate of drug-likeness (QED) is 0.203. The Kier molecular flexibility index (Phi) is 9.99. The Hall–Kier alpha value is -1.55. The fourth-order valence-electron chi connectivity index (χ4n) is 3.28. The lowest BCUT2D eigenvalue weighted by Crippen LogP contribution is -2.60. The summed E-state index contributed by atoms with van der Waals surface area (Å²) in [5, 5.41) is 47.2. The molecule has 164 valence electrons. The van der Waals surface area contributed by atoms with E-state index < -0.39 is 36.7 Å². The Bertz CT molecular complexity index is 605. The number of hydrogen-bond acceptors (Lipinski definition) is 8. The molecule has 29 heavy (non-hydrogen) atoms. The fraction of sp³-hybridized carbons (Fsp3) is 0.667. The van der Waals surface area contributed by atoms with E-state index in [0.29, 0.717) is 0 Å². The summed E-state index contributed by atoms with van der Waals surface area (Å²) in [4.78, 5) is 12.2. The van der Waals surface area contributed by atoms with E-state index in [9.17, 15) is 25.2 Å². The van der Waals surface area contributed by atoms with E-state index in [4.69, 9.17) is 14.6 Å². The van der Waals surface area contributed by atoms with Crippen molar-refractivity contribution in [1.29, 1.82) is 0 Å². The molecule has 0 saturated carbocycles. The molecular formula is C21H32O8. The Morgan fingerprint density at radius 3 is 2.03 bits per heavy atom. The first-order valence-electron chi connectivity index (χ1n) is 10.2. The molecule has 0 spiro atoms. The second-order valence-corrected chi connectivity index (χ2v) is 7.43. The third-order valence-corrected chi connectivity index (χ3v) is 5.09. The molecule has 0 bridgehead atoms. The van der Waals surface area contributed by atoms with Gasteiger partial charge in [-0.05, 0) is 37.0 Å². The molecule has 0 aliphatic carbocycles. The summed E-state index contributed by atoms with van der Waals surface area (Å²) >= 11 is 0. The van der Waals surface area contributed by atoms with Crippen LogP contribution >= 0.6 is 0 Å². The second kappa shape index (κ2) is 12.2. The van der Waals surface area contributed by atoms with Crippen molar-refractivity contribution in [2.24, 2.45) is 0 Å². The first-order chi connectivity index (χ1) is 13.9. The minimum atomic E-state index is -1.79. The highest BCUT2D eigenvalue weighted by atomic mass is 16.7. The highest BCUT2D eigenvalue weighted by molar-refractivity contribution is 5.78. The zero-order valence-corrected chi connectivity index (χ0v) is 16.5. The fourth-order valence-corrected chi connectivity index (χ4v) is 3.28. The van der Waals surface area contributed by atoms with E-state index in [1.165, 1.54) is 12.8 Å². The van der Waals surface area contributed by atoms with Crippen molar-refractivity contribution in [2.45, 2.75) is 82.1 Å². The number of ether oxygens (including phenoxy) is 2. The van der Waals surface area contributed by atoms with Gasteiger partial charge in [0.1, 0.15) is 24.1 Å². The maximum atomic E-state index is 12.2. The zero-order chi connectivity index (χ0) is 21.2. The minimum absolute atomic E-state index is 0.258. The third kappa shape index (κ3) is 7.33. The van der Waals surface area contributed by atoms with Gasteiger partial charge in [0.15, 0.2) is 12.4 Å². The van der Waals surface area contributed by atoms with E-state index in [2.05, 4.69) is 0 Å². The van der Waals surface area contributed by atoms with Gasteiger partial charge in [-0.2, -0.15) is 0 Å². The molecule has 8 nitrogen and oxygen atoms in total. The molecule has 8 heteroatoms. The minimum Gasteiger partial charge on any atom is -0.425 e. The van der Waals surface area contributed by atoms with Gasteiger partial charge in [-0.25, -0.2) is 4.79 Å². The SMILES string of the molecule is O=C(Oc1ccc(CCCCCCCCCO)cc1)[C@H]1O[C@@H](O)[C@H](O)[C@@H](O)[C@@H]1O. The maximum Gasteiger partial charge on any atom is 0.343 e. The summed E-state index contributed by atoms with van der Waals surface area (Å²) < 4.78 is 10.0. The Morgan fingerprint density at radius 1 is 0.828 bits per heavy atom. The van der Waals surface area contributed by atoms with Crippen LogP contribution in [0.5, 0.6) is 5.75 Å². The molecule has 2 rings (SSSR count). The van der Waals surface area contributed by atoms with Gasteiger partial charge in [0.05, 0.1) is 0 Å². The predicted octanol–water partition coefficient (Wildman–Crippen LogP) is 0.657. The Labute approximate surface area is 170 Å². The number of carbonyl (C=O) groups is 1. The van der Waals surface area contributed by atoms with Gasteiger partial charge in [-0.15, -0.1) is 0 Å². The molecule has 0 aromatic heterocycles. The molecule has 0 radical (unpaired) electrons. The number of aryl methyl sites for hydroxylation is 1. The third-order valence-electron chi connectivity index (χ3n) is 5.09. The molecule has 5 N–H and O–H groups in total. The number of aliphatic hydroxyl groups excluding tert-OH is 5. The summed E-state index contributed by atoms with van der Waals surface area (Å²) in [6.07, 6.45) is 0.113. The summed E-state index contributed by atoms with van der Waals surface area (Å²) in [6.45, 7) is 0.270. The van der Waals surface area contributed by atoms with Crippen LogP contribution in [0.1, 0.15) is 50.5 Å². The molecule has 1 aromatic rings. The lowest BCUT2D eigenvalue weighted by Gasteiger charge is -2.36. The number of hydrogen-bond donors (Lipinski definition) is 5. The Balaban J connectivity index is 1.72. The van der Waals surface area contributed by atoms with Crippen LogP contribution in [-0.2, 0) is 16.0 Å². The smallest absolute Gasteiger partial charge is 0.343 e. The van der Waals surface area contributed by atoms with E-state index in [0.717, 1.165) is 44.1 Å².